The van der Waals surface area contributed by atoms with Crippen molar-refractivity contribution >= 4 is 97.5 Å². The second kappa shape index (κ2) is 27.9. The number of benzene rings is 8. The molecule has 2 spiro atoms. The van der Waals surface area contributed by atoms with Gasteiger partial charge in [-0.2, -0.15) is 21.6 Å². The number of rotatable bonds is 17. The summed E-state index contributed by atoms with van der Waals surface area (Å²) in [6.45, 7) is -0.176. The Morgan fingerprint density at radius 3 is 1.35 bits per heavy atom. The second-order valence-electron chi connectivity index (χ2n) is 21.0. The lowest BCUT2D eigenvalue weighted by Gasteiger charge is -2.37. The Morgan fingerprint density at radius 1 is 0.543 bits per heavy atom. The van der Waals surface area contributed by atoms with Crippen LogP contribution in [0.1, 0.15) is 78.1 Å². The van der Waals surface area contributed by atoms with Crippen LogP contribution in [0.15, 0.2) is 146 Å². The van der Waals surface area contributed by atoms with Gasteiger partial charge in [-0.15, -0.1) is 0 Å². The SMILES string of the molecule is CNc1ccc(CCC(=O)OC)cc1.COCOc1cc2c(cc1Cl)C1(OC(=O)c3ccccc31)c1cc(Cl)c(N(C)c3ccc(CCC(=O)OC)cc3)cc1O2.COCOc1cc2c(cc1Cl)C1(OC(=O)c3ccccc31)c1cc(Cl)c(OS(=O)(=O)C(F)(F)F)cc1O2. The third-order valence-corrected chi connectivity index (χ3v) is 17.6. The Hall–Kier alpha value is -8.94. The zero-order chi connectivity index (χ0) is 67.4. The molecule has 8 aromatic carbocycles. The fourth-order valence-corrected chi connectivity index (χ4v) is 12.3. The number of carbonyl (C=O) groups excluding carboxylic acids is 4. The highest BCUT2D eigenvalue weighted by Gasteiger charge is 2.56. The summed E-state index contributed by atoms with van der Waals surface area (Å²) in [6.07, 6.45) is 2.05. The molecule has 0 saturated heterocycles. The van der Waals surface area contributed by atoms with Crippen LogP contribution >= 0.6 is 46.4 Å². The molecule has 0 aromatic heterocycles. The van der Waals surface area contributed by atoms with Crippen LogP contribution in [0.25, 0.3) is 0 Å². The molecule has 94 heavy (non-hydrogen) atoms. The number of halogens is 7. The van der Waals surface area contributed by atoms with Gasteiger partial charge in [-0.3, -0.25) is 9.59 Å². The summed E-state index contributed by atoms with van der Waals surface area (Å²) < 4.78 is 121. The van der Waals surface area contributed by atoms with E-state index < -0.39 is 49.5 Å². The number of hydrogen-bond donors (Lipinski definition) is 1. The Labute approximate surface area is 557 Å². The molecule has 4 aliphatic heterocycles. The van der Waals surface area contributed by atoms with Crippen LogP contribution in [0.4, 0.5) is 30.2 Å². The van der Waals surface area contributed by atoms with E-state index in [-0.39, 0.29) is 64.5 Å². The summed E-state index contributed by atoms with van der Waals surface area (Å²) in [4.78, 5) is 50.5. The van der Waals surface area contributed by atoms with E-state index in [1.54, 1.807) is 48.5 Å². The molecular formula is C67H55Cl4F3N2O17S. The van der Waals surface area contributed by atoms with Crippen LogP contribution in [0, 0.1) is 0 Å². The van der Waals surface area contributed by atoms with Crippen molar-refractivity contribution in [3.63, 3.8) is 0 Å². The van der Waals surface area contributed by atoms with Crippen LogP contribution in [-0.2, 0) is 72.2 Å². The summed E-state index contributed by atoms with van der Waals surface area (Å²) >= 11 is 26.2. The number of ether oxygens (including phenoxy) is 10. The molecule has 490 valence electrons. The van der Waals surface area contributed by atoms with Crippen molar-refractivity contribution in [2.24, 2.45) is 0 Å². The molecule has 19 nitrogen and oxygen atoms in total. The van der Waals surface area contributed by atoms with Gasteiger partial charge < -0.3 is 61.8 Å². The summed E-state index contributed by atoms with van der Waals surface area (Å²) in [5.74, 6) is -1.19. The summed E-state index contributed by atoms with van der Waals surface area (Å²) in [7, 11) is 3.42. The van der Waals surface area contributed by atoms with Gasteiger partial charge in [0.2, 0.25) is 0 Å². The first kappa shape index (κ1) is 67.9. The third-order valence-electron chi connectivity index (χ3n) is 15.4. The van der Waals surface area contributed by atoms with Gasteiger partial charge in [0.15, 0.2) is 30.5 Å². The number of nitrogens with one attached hydrogen (secondary N) is 1. The van der Waals surface area contributed by atoms with Crippen LogP contribution in [0.2, 0.25) is 20.1 Å². The maximum absolute atomic E-state index is 13.2. The van der Waals surface area contributed by atoms with Gasteiger partial charge in [0, 0.05) is 110 Å². The van der Waals surface area contributed by atoms with Crippen molar-refractivity contribution in [2.75, 3.05) is 66.3 Å². The molecule has 1 N–H and O–H groups in total. The molecule has 4 aliphatic rings. The Kier molecular flexibility index (Phi) is 20.2. The first-order chi connectivity index (χ1) is 44.9. The number of esters is 4. The Morgan fingerprint density at radius 2 is 0.936 bits per heavy atom. The molecule has 0 saturated carbocycles. The molecule has 0 amide bonds. The summed E-state index contributed by atoms with van der Waals surface area (Å²) in [6, 6.07) is 41.3. The minimum absolute atomic E-state index is 0.00984. The first-order valence-electron chi connectivity index (χ1n) is 28.3. The van der Waals surface area contributed by atoms with Crippen molar-refractivity contribution in [1.29, 1.82) is 0 Å². The van der Waals surface area contributed by atoms with Crippen molar-refractivity contribution in [3.8, 4) is 40.2 Å². The zero-order valence-electron chi connectivity index (χ0n) is 50.5. The minimum atomic E-state index is -6.04. The molecule has 8 aromatic rings. The standard InChI is InChI=1S/C33H27Cl2NO7.C23H13Cl2F3O8S.C11H15NO2/c1-36(20-11-8-19(9-12-20)10-13-31(37)40-3)27-16-28-23(14-25(27)34)33(22-7-5-4-6-21(22)32(38)43-33)24-15-26(35)30(41-18-39-2)17-29(24)42-28;1-32-10-33-19-8-17-13(6-15(19)24)22(12-5-3-2-4-11(12)21(29)35-22)14-7-16(25)20(9-18(14)34-17)36-37(30,31)23(26,27)28;1-12-10-6-3-9(4-7-10)5-8-11(13)14-2/h4-9,11-12,14-17H,10,13,18H2,1-3H3;2-9H,10H2,1H3;3-4,6-7,12H,5,8H2,1-2H3. The predicted octanol–water partition coefficient (Wildman–Crippen LogP) is 15.0. The molecule has 0 fully saturated rings. The van der Waals surface area contributed by atoms with Gasteiger partial charge in [0.05, 0.1) is 51.1 Å². The number of methoxy groups -OCH3 is 4. The van der Waals surface area contributed by atoms with Gasteiger partial charge in [0.1, 0.15) is 34.5 Å². The highest BCUT2D eigenvalue weighted by Crippen LogP contribution is 2.61. The molecule has 0 bridgehead atoms. The largest absolute Gasteiger partial charge is 0.534 e. The lowest BCUT2D eigenvalue weighted by molar-refractivity contribution is -0.141. The third kappa shape index (κ3) is 13.3. The molecule has 12 rings (SSSR count). The number of nitrogens with zero attached hydrogens (tertiary/aromatic N) is 1. The van der Waals surface area contributed by atoms with E-state index in [1.165, 1.54) is 46.6 Å². The van der Waals surface area contributed by atoms with Gasteiger partial charge >= 0.3 is 39.5 Å². The molecular weight excluding hydrogens is 1340 g/mol. The molecule has 27 heteroatoms. The fourth-order valence-electron chi connectivity index (χ4n) is 10.9. The average molecular weight is 1390 g/mol. The highest BCUT2D eigenvalue weighted by molar-refractivity contribution is 7.88. The first-order valence-corrected chi connectivity index (χ1v) is 31.2. The van der Waals surface area contributed by atoms with Gasteiger partial charge in [-0.05, 0) is 84.6 Å². The van der Waals surface area contributed by atoms with Crippen LogP contribution < -0.4 is 33.3 Å². The van der Waals surface area contributed by atoms with E-state index in [2.05, 4.69) is 14.2 Å². The maximum atomic E-state index is 13.2. The van der Waals surface area contributed by atoms with E-state index in [0.717, 1.165) is 41.1 Å². The number of anilines is 3. The predicted molar refractivity (Wildman–Crippen MR) is 341 cm³/mol. The smallest absolute Gasteiger partial charge is 0.469 e. The zero-order valence-corrected chi connectivity index (χ0v) is 54.4. The lowest BCUT2D eigenvalue weighted by Crippen LogP contribution is -2.33. The summed E-state index contributed by atoms with van der Waals surface area (Å²) in [5, 5.41) is 3.38. The van der Waals surface area contributed by atoms with Crippen molar-refractivity contribution in [3.05, 3.63) is 221 Å². The van der Waals surface area contributed by atoms with Gasteiger partial charge in [0.25, 0.3) is 0 Å². The van der Waals surface area contributed by atoms with E-state index in [9.17, 15) is 40.8 Å². The normalized spacial score (nSPS) is 15.8. The fraction of sp³-hybridized carbons (Fsp3) is 0.224. The monoisotopic (exact) mass is 1390 g/mol. The van der Waals surface area contributed by atoms with Crippen molar-refractivity contribution in [2.45, 2.75) is 42.4 Å². The quantitative estimate of drug-likeness (QED) is 0.0294. The van der Waals surface area contributed by atoms with E-state index in [4.69, 9.17) is 89.0 Å². The van der Waals surface area contributed by atoms with Gasteiger partial charge in [-0.1, -0.05) is 107 Å². The minimum Gasteiger partial charge on any atom is -0.469 e. The molecule has 0 radical (unpaired) electrons. The number of alkyl halides is 3. The number of carbonyl (C=O) groups is 4. The number of hydrogen-bond acceptors (Lipinski definition) is 19. The Bertz CT molecular complexity index is 4370. The van der Waals surface area contributed by atoms with Crippen LogP contribution in [-0.4, -0.2) is 93.9 Å². The summed E-state index contributed by atoms with van der Waals surface area (Å²) in [5.41, 5.74) is -0.789. The Balaban J connectivity index is 0.000000172. The maximum Gasteiger partial charge on any atom is 0.534 e. The second-order valence-corrected chi connectivity index (χ2v) is 24.1. The van der Waals surface area contributed by atoms with E-state index >= 15 is 0 Å². The van der Waals surface area contributed by atoms with Crippen molar-refractivity contribution in [1.82, 2.24) is 0 Å². The number of aryl methyl sites for hydroxylation is 2. The van der Waals surface area contributed by atoms with E-state index in [1.807, 2.05) is 85.7 Å². The van der Waals surface area contributed by atoms with E-state index in [0.29, 0.717) is 80.1 Å². The topological polar surface area (TPSA) is 219 Å². The molecule has 4 heterocycles. The number of fused-ring (bicyclic) bond motifs is 12. The van der Waals surface area contributed by atoms with Crippen LogP contribution in [0.3, 0.4) is 0 Å². The highest BCUT2D eigenvalue weighted by atomic mass is 35.5. The average Bonchev–Trinajstić information content (AvgIpc) is 1.44. The van der Waals surface area contributed by atoms with Crippen molar-refractivity contribution < 1.29 is 92.3 Å². The molecule has 2 atom stereocenters. The lowest BCUT2D eigenvalue weighted by atomic mass is 9.77. The molecule has 0 aliphatic carbocycles. The van der Waals surface area contributed by atoms with Gasteiger partial charge in [-0.25, -0.2) is 9.59 Å². The molecule has 2 unspecified atom stereocenters. The van der Waals surface area contributed by atoms with Crippen LogP contribution in [0.5, 0.6) is 40.2 Å².